The lowest BCUT2D eigenvalue weighted by Gasteiger charge is -2.02. The zero-order valence-corrected chi connectivity index (χ0v) is 10.5. The van der Waals surface area contributed by atoms with Gasteiger partial charge in [-0.3, -0.25) is 0 Å². The number of hydrogen-bond donors (Lipinski definition) is 1. The third-order valence-electron chi connectivity index (χ3n) is 2.96. The van der Waals surface area contributed by atoms with Crippen molar-refractivity contribution in [3.63, 3.8) is 0 Å². The molecule has 3 nitrogen and oxygen atoms in total. The van der Waals surface area contributed by atoms with Gasteiger partial charge >= 0.3 is 0 Å². The molecule has 0 radical (unpaired) electrons. The van der Waals surface area contributed by atoms with Crippen LogP contribution >= 0.6 is 0 Å². The van der Waals surface area contributed by atoms with Gasteiger partial charge in [-0.1, -0.05) is 37.6 Å². The van der Waals surface area contributed by atoms with Gasteiger partial charge in [-0.25, -0.2) is 4.68 Å². The minimum Gasteiger partial charge on any atom is -0.384 e. The summed E-state index contributed by atoms with van der Waals surface area (Å²) >= 11 is 0. The number of benzene rings is 1. The molecule has 0 aliphatic rings. The zero-order valence-electron chi connectivity index (χ0n) is 10.5. The van der Waals surface area contributed by atoms with Crippen molar-refractivity contribution in [2.45, 2.75) is 33.2 Å². The predicted octanol–water partition coefficient (Wildman–Crippen LogP) is 3.24. The van der Waals surface area contributed by atoms with E-state index >= 15 is 0 Å². The first-order valence-corrected chi connectivity index (χ1v) is 6.11. The van der Waals surface area contributed by atoms with Gasteiger partial charge in [0.2, 0.25) is 0 Å². The van der Waals surface area contributed by atoms with Crippen molar-refractivity contribution in [3.8, 4) is 11.3 Å². The SMILES string of the molecule is CCCCn1nc(-c2ccccc2C)cc1N. The minimum atomic E-state index is 0.747. The zero-order chi connectivity index (χ0) is 12.3. The number of aryl methyl sites for hydroxylation is 2. The van der Waals surface area contributed by atoms with E-state index in [0.717, 1.165) is 36.5 Å². The Morgan fingerprint density at radius 2 is 2.06 bits per heavy atom. The molecule has 1 aromatic carbocycles. The van der Waals surface area contributed by atoms with Crippen LogP contribution in [0.25, 0.3) is 11.3 Å². The van der Waals surface area contributed by atoms with Crippen molar-refractivity contribution in [2.24, 2.45) is 0 Å². The van der Waals surface area contributed by atoms with Gasteiger partial charge in [0.1, 0.15) is 5.82 Å². The van der Waals surface area contributed by atoms with Crippen molar-refractivity contribution < 1.29 is 0 Å². The first-order valence-electron chi connectivity index (χ1n) is 6.11. The fourth-order valence-electron chi connectivity index (χ4n) is 1.91. The van der Waals surface area contributed by atoms with Gasteiger partial charge in [0.25, 0.3) is 0 Å². The normalized spacial score (nSPS) is 10.7. The molecule has 0 unspecified atom stereocenters. The highest BCUT2D eigenvalue weighted by Gasteiger charge is 2.08. The van der Waals surface area contributed by atoms with Crippen LogP contribution in [0.15, 0.2) is 30.3 Å². The Labute approximate surface area is 102 Å². The summed E-state index contributed by atoms with van der Waals surface area (Å²) in [6.45, 7) is 5.16. The Hall–Kier alpha value is -1.77. The summed E-state index contributed by atoms with van der Waals surface area (Å²) < 4.78 is 1.89. The lowest BCUT2D eigenvalue weighted by atomic mass is 10.1. The van der Waals surface area contributed by atoms with Gasteiger partial charge in [-0.2, -0.15) is 5.10 Å². The minimum absolute atomic E-state index is 0.747. The second-order valence-corrected chi connectivity index (χ2v) is 4.35. The fraction of sp³-hybridized carbons (Fsp3) is 0.357. The van der Waals surface area contributed by atoms with Crippen LogP contribution in [0.3, 0.4) is 0 Å². The Balaban J connectivity index is 2.31. The van der Waals surface area contributed by atoms with Gasteiger partial charge in [0.15, 0.2) is 0 Å². The Bertz CT molecular complexity index is 500. The van der Waals surface area contributed by atoms with Crippen LogP contribution in [0.1, 0.15) is 25.3 Å². The van der Waals surface area contributed by atoms with Crippen molar-refractivity contribution in [1.29, 1.82) is 0 Å². The predicted molar refractivity (Wildman–Crippen MR) is 71.7 cm³/mol. The smallest absolute Gasteiger partial charge is 0.122 e. The number of anilines is 1. The first kappa shape index (κ1) is 11.7. The number of hydrogen-bond acceptors (Lipinski definition) is 2. The summed E-state index contributed by atoms with van der Waals surface area (Å²) in [4.78, 5) is 0. The molecule has 0 bridgehead atoms. The average Bonchev–Trinajstić information content (AvgIpc) is 2.68. The molecule has 0 aliphatic carbocycles. The van der Waals surface area contributed by atoms with E-state index in [4.69, 9.17) is 5.73 Å². The number of nitrogen functional groups attached to an aromatic ring is 1. The Kier molecular flexibility index (Phi) is 3.47. The maximum absolute atomic E-state index is 5.97. The lowest BCUT2D eigenvalue weighted by molar-refractivity contribution is 0.580. The number of nitrogens with zero attached hydrogens (tertiary/aromatic N) is 2. The van der Waals surface area contributed by atoms with E-state index in [1.807, 2.05) is 22.9 Å². The lowest BCUT2D eigenvalue weighted by Crippen LogP contribution is -2.04. The van der Waals surface area contributed by atoms with Crippen molar-refractivity contribution >= 4 is 5.82 Å². The van der Waals surface area contributed by atoms with Crippen LogP contribution in [0.2, 0.25) is 0 Å². The molecule has 2 aromatic rings. The molecule has 1 heterocycles. The molecule has 2 N–H and O–H groups in total. The topological polar surface area (TPSA) is 43.8 Å². The molecular formula is C14H19N3. The Morgan fingerprint density at radius 1 is 1.29 bits per heavy atom. The van der Waals surface area contributed by atoms with E-state index in [2.05, 4.69) is 31.1 Å². The summed E-state index contributed by atoms with van der Waals surface area (Å²) in [6, 6.07) is 10.2. The highest BCUT2D eigenvalue weighted by Crippen LogP contribution is 2.23. The molecule has 90 valence electrons. The molecule has 1 aromatic heterocycles. The number of rotatable bonds is 4. The van der Waals surface area contributed by atoms with Crippen molar-refractivity contribution in [1.82, 2.24) is 9.78 Å². The number of aromatic nitrogens is 2. The van der Waals surface area contributed by atoms with Crippen molar-refractivity contribution in [3.05, 3.63) is 35.9 Å². The van der Waals surface area contributed by atoms with Gasteiger partial charge in [-0.15, -0.1) is 0 Å². The van der Waals surface area contributed by atoms with E-state index in [1.54, 1.807) is 0 Å². The largest absolute Gasteiger partial charge is 0.384 e. The summed E-state index contributed by atoms with van der Waals surface area (Å²) in [5, 5.41) is 4.57. The molecule has 2 rings (SSSR count). The van der Waals surface area contributed by atoms with Gasteiger partial charge in [-0.05, 0) is 18.9 Å². The standard InChI is InChI=1S/C14H19N3/c1-3-4-9-17-14(15)10-13(16-17)12-8-6-5-7-11(12)2/h5-8,10H,3-4,9,15H2,1-2H3. The molecule has 0 atom stereocenters. The van der Waals surface area contributed by atoms with E-state index in [0.29, 0.717) is 0 Å². The van der Waals surface area contributed by atoms with E-state index in [9.17, 15) is 0 Å². The highest BCUT2D eigenvalue weighted by atomic mass is 15.3. The van der Waals surface area contributed by atoms with E-state index in [-0.39, 0.29) is 0 Å². The Morgan fingerprint density at radius 3 is 2.76 bits per heavy atom. The van der Waals surface area contributed by atoms with Crippen LogP contribution in [0.4, 0.5) is 5.82 Å². The summed E-state index contributed by atoms with van der Waals surface area (Å²) in [7, 11) is 0. The molecule has 0 aliphatic heterocycles. The molecule has 0 amide bonds. The maximum atomic E-state index is 5.97. The van der Waals surface area contributed by atoms with Crippen LogP contribution in [-0.4, -0.2) is 9.78 Å². The molecule has 0 spiro atoms. The maximum Gasteiger partial charge on any atom is 0.122 e. The second-order valence-electron chi connectivity index (χ2n) is 4.35. The third-order valence-corrected chi connectivity index (χ3v) is 2.96. The van der Waals surface area contributed by atoms with Crippen LogP contribution in [0.5, 0.6) is 0 Å². The second kappa shape index (κ2) is 5.04. The third kappa shape index (κ3) is 2.49. The molecule has 0 saturated heterocycles. The highest BCUT2D eigenvalue weighted by molar-refractivity contribution is 5.65. The molecular weight excluding hydrogens is 210 g/mol. The summed E-state index contributed by atoms with van der Waals surface area (Å²) in [5.74, 6) is 0.747. The molecule has 0 fully saturated rings. The summed E-state index contributed by atoms with van der Waals surface area (Å²) in [5.41, 5.74) is 9.33. The van der Waals surface area contributed by atoms with Gasteiger partial charge in [0, 0.05) is 18.2 Å². The van der Waals surface area contributed by atoms with Crippen LogP contribution in [-0.2, 0) is 6.54 Å². The van der Waals surface area contributed by atoms with Crippen LogP contribution < -0.4 is 5.73 Å². The van der Waals surface area contributed by atoms with Gasteiger partial charge < -0.3 is 5.73 Å². The fourth-order valence-corrected chi connectivity index (χ4v) is 1.91. The van der Waals surface area contributed by atoms with E-state index in [1.165, 1.54) is 5.56 Å². The average molecular weight is 229 g/mol. The summed E-state index contributed by atoms with van der Waals surface area (Å²) in [6.07, 6.45) is 2.26. The van der Waals surface area contributed by atoms with Gasteiger partial charge in [0.05, 0.1) is 5.69 Å². The van der Waals surface area contributed by atoms with Crippen LogP contribution in [0, 0.1) is 6.92 Å². The molecule has 0 saturated carbocycles. The first-order chi connectivity index (χ1) is 8.22. The quantitative estimate of drug-likeness (QED) is 0.874. The number of unbranched alkanes of at least 4 members (excludes halogenated alkanes) is 1. The van der Waals surface area contributed by atoms with E-state index < -0.39 is 0 Å². The molecule has 17 heavy (non-hydrogen) atoms. The monoisotopic (exact) mass is 229 g/mol. The number of nitrogens with two attached hydrogens (primary N) is 1. The molecule has 3 heteroatoms. The van der Waals surface area contributed by atoms with Crippen molar-refractivity contribution in [2.75, 3.05) is 5.73 Å².